The number of aliphatic hydroxyl groups is 2. The molecule has 0 aromatic rings. The molecule has 0 heterocycles. The van der Waals surface area contributed by atoms with Gasteiger partial charge in [0.25, 0.3) is 0 Å². The molecule has 5 N–H and O–H groups in total. The molecule has 2 amide bonds. The maximum atomic E-state index is 11.6. The average molecular weight is 247 g/mol. The molecule has 6 nitrogen and oxygen atoms in total. The van der Waals surface area contributed by atoms with E-state index in [1.807, 2.05) is 0 Å². The number of amides is 2. The van der Waals surface area contributed by atoms with Gasteiger partial charge in [-0.25, -0.2) is 4.79 Å². The standard InChI is InChI=1S/C11H25N3O3/c12-5-3-1-2-4-6-13-11(17)14(7-9-15)8-10-16/h15-16H,1-10,12H2,(H,13,17). The van der Waals surface area contributed by atoms with Gasteiger partial charge in [-0.15, -0.1) is 0 Å². The van der Waals surface area contributed by atoms with E-state index in [2.05, 4.69) is 5.32 Å². The van der Waals surface area contributed by atoms with Crippen molar-refractivity contribution in [3.05, 3.63) is 0 Å². The fourth-order valence-corrected chi connectivity index (χ4v) is 1.49. The Kier molecular flexibility index (Phi) is 11.0. The first-order valence-electron chi connectivity index (χ1n) is 6.20. The van der Waals surface area contributed by atoms with Crippen molar-refractivity contribution >= 4 is 6.03 Å². The summed E-state index contributed by atoms with van der Waals surface area (Å²) in [5.74, 6) is 0. The van der Waals surface area contributed by atoms with Crippen LogP contribution in [0.1, 0.15) is 25.7 Å². The summed E-state index contributed by atoms with van der Waals surface area (Å²) in [6, 6.07) is -0.230. The second-order valence-electron chi connectivity index (χ2n) is 3.87. The summed E-state index contributed by atoms with van der Waals surface area (Å²) in [6.45, 7) is 1.65. The summed E-state index contributed by atoms with van der Waals surface area (Å²) >= 11 is 0. The molecule has 0 atom stereocenters. The number of carbonyl (C=O) groups is 1. The summed E-state index contributed by atoms with van der Waals surface area (Å²) in [5, 5.41) is 20.3. The molecule has 17 heavy (non-hydrogen) atoms. The van der Waals surface area contributed by atoms with Crippen LogP contribution in [0, 0.1) is 0 Å². The molecule has 0 radical (unpaired) electrons. The quantitative estimate of drug-likeness (QED) is 0.391. The number of carbonyl (C=O) groups excluding carboxylic acids is 1. The van der Waals surface area contributed by atoms with Crippen LogP contribution in [0.15, 0.2) is 0 Å². The van der Waals surface area contributed by atoms with Gasteiger partial charge in [-0.2, -0.15) is 0 Å². The van der Waals surface area contributed by atoms with Crippen LogP contribution in [0.2, 0.25) is 0 Å². The van der Waals surface area contributed by atoms with Crippen molar-refractivity contribution in [2.75, 3.05) is 39.4 Å². The molecule has 0 bridgehead atoms. The molecule has 0 fully saturated rings. The van der Waals surface area contributed by atoms with Gasteiger partial charge in [0.05, 0.1) is 13.2 Å². The second kappa shape index (κ2) is 11.6. The van der Waals surface area contributed by atoms with Gasteiger partial charge in [0.1, 0.15) is 0 Å². The van der Waals surface area contributed by atoms with Crippen molar-refractivity contribution in [2.24, 2.45) is 5.73 Å². The van der Waals surface area contributed by atoms with Crippen molar-refractivity contribution in [2.45, 2.75) is 25.7 Å². The third-order valence-electron chi connectivity index (χ3n) is 2.43. The van der Waals surface area contributed by atoms with Crippen LogP contribution in [-0.4, -0.2) is 60.5 Å². The monoisotopic (exact) mass is 247 g/mol. The number of nitrogens with two attached hydrogens (primary N) is 1. The Hall–Kier alpha value is -0.850. The van der Waals surface area contributed by atoms with Crippen LogP contribution in [0.25, 0.3) is 0 Å². The van der Waals surface area contributed by atoms with Crippen LogP contribution >= 0.6 is 0 Å². The number of hydrogen-bond donors (Lipinski definition) is 4. The van der Waals surface area contributed by atoms with Crippen LogP contribution in [0.5, 0.6) is 0 Å². The van der Waals surface area contributed by atoms with E-state index in [1.54, 1.807) is 0 Å². The lowest BCUT2D eigenvalue weighted by Crippen LogP contribution is -2.43. The van der Waals surface area contributed by atoms with Gasteiger partial charge in [0.15, 0.2) is 0 Å². The molecule has 0 aromatic carbocycles. The number of nitrogens with zero attached hydrogens (tertiary/aromatic N) is 1. The highest BCUT2D eigenvalue weighted by molar-refractivity contribution is 5.74. The van der Waals surface area contributed by atoms with E-state index in [4.69, 9.17) is 15.9 Å². The van der Waals surface area contributed by atoms with Gasteiger partial charge in [0.2, 0.25) is 0 Å². The van der Waals surface area contributed by atoms with Crippen LogP contribution < -0.4 is 11.1 Å². The number of aliphatic hydroxyl groups excluding tert-OH is 2. The Morgan fingerprint density at radius 1 is 1.06 bits per heavy atom. The largest absolute Gasteiger partial charge is 0.395 e. The molecule has 0 saturated heterocycles. The van der Waals surface area contributed by atoms with E-state index in [0.717, 1.165) is 25.7 Å². The molecule has 0 unspecified atom stereocenters. The van der Waals surface area contributed by atoms with E-state index >= 15 is 0 Å². The Morgan fingerprint density at radius 2 is 1.65 bits per heavy atom. The van der Waals surface area contributed by atoms with Gasteiger partial charge in [-0.1, -0.05) is 12.8 Å². The van der Waals surface area contributed by atoms with E-state index in [-0.39, 0.29) is 32.3 Å². The zero-order chi connectivity index (χ0) is 12.9. The second-order valence-corrected chi connectivity index (χ2v) is 3.87. The topological polar surface area (TPSA) is 98.8 Å². The maximum absolute atomic E-state index is 11.6. The van der Waals surface area contributed by atoms with E-state index in [0.29, 0.717) is 13.1 Å². The fraction of sp³-hybridized carbons (Fsp3) is 0.909. The number of rotatable bonds is 10. The van der Waals surface area contributed by atoms with Gasteiger partial charge in [0, 0.05) is 19.6 Å². The highest BCUT2D eigenvalue weighted by Gasteiger charge is 2.10. The zero-order valence-corrected chi connectivity index (χ0v) is 10.4. The van der Waals surface area contributed by atoms with Crippen LogP contribution in [0.4, 0.5) is 4.79 Å². The Bertz CT molecular complexity index is 185. The summed E-state index contributed by atoms with van der Waals surface area (Å²) in [5.41, 5.74) is 5.37. The molecule has 0 spiro atoms. The zero-order valence-electron chi connectivity index (χ0n) is 10.4. The molecule has 0 saturated carbocycles. The molecule has 6 heteroatoms. The summed E-state index contributed by atoms with van der Waals surface area (Å²) in [6.07, 6.45) is 4.09. The Balaban J connectivity index is 3.59. The molecule has 0 aliphatic rings. The molecule has 0 aliphatic heterocycles. The Labute approximate surface area is 103 Å². The van der Waals surface area contributed by atoms with Crippen molar-refractivity contribution in [3.8, 4) is 0 Å². The average Bonchev–Trinajstić information content (AvgIpc) is 2.33. The molecule has 0 aliphatic carbocycles. The third kappa shape index (κ3) is 8.91. The molecule has 102 valence electrons. The lowest BCUT2D eigenvalue weighted by molar-refractivity contribution is 0.158. The molecule has 0 aromatic heterocycles. The van der Waals surface area contributed by atoms with Crippen molar-refractivity contribution < 1.29 is 15.0 Å². The fourth-order valence-electron chi connectivity index (χ4n) is 1.49. The van der Waals surface area contributed by atoms with Crippen LogP contribution in [-0.2, 0) is 0 Å². The maximum Gasteiger partial charge on any atom is 0.317 e. The van der Waals surface area contributed by atoms with Crippen molar-refractivity contribution in [1.29, 1.82) is 0 Å². The lowest BCUT2D eigenvalue weighted by Gasteiger charge is -2.21. The van der Waals surface area contributed by atoms with Gasteiger partial charge in [-0.3, -0.25) is 0 Å². The normalized spacial score (nSPS) is 10.3. The SMILES string of the molecule is NCCCCCCNC(=O)N(CCO)CCO. The molecular formula is C11H25N3O3. The summed E-state index contributed by atoms with van der Waals surface area (Å²) in [7, 11) is 0. The van der Waals surface area contributed by atoms with E-state index in [1.165, 1.54) is 4.90 Å². The minimum absolute atomic E-state index is 0.0933. The number of nitrogens with one attached hydrogen (secondary N) is 1. The predicted octanol–water partition coefficient (Wildman–Crippen LogP) is -0.498. The number of urea groups is 1. The minimum Gasteiger partial charge on any atom is -0.395 e. The Morgan fingerprint density at radius 3 is 2.18 bits per heavy atom. The van der Waals surface area contributed by atoms with Crippen molar-refractivity contribution in [1.82, 2.24) is 10.2 Å². The predicted molar refractivity (Wildman–Crippen MR) is 66.7 cm³/mol. The highest BCUT2D eigenvalue weighted by Crippen LogP contribution is 1.97. The lowest BCUT2D eigenvalue weighted by atomic mass is 10.2. The summed E-state index contributed by atoms with van der Waals surface area (Å²) < 4.78 is 0. The number of unbranched alkanes of at least 4 members (excludes halogenated alkanes) is 3. The van der Waals surface area contributed by atoms with Gasteiger partial charge >= 0.3 is 6.03 Å². The third-order valence-corrected chi connectivity index (χ3v) is 2.43. The number of hydrogen-bond acceptors (Lipinski definition) is 4. The first kappa shape index (κ1) is 16.1. The van der Waals surface area contributed by atoms with Gasteiger partial charge in [-0.05, 0) is 19.4 Å². The van der Waals surface area contributed by atoms with Gasteiger partial charge < -0.3 is 26.2 Å². The molecule has 0 rings (SSSR count). The minimum atomic E-state index is -0.230. The van der Waals surface area contributed by atoms with Crippen molar-refractivity contribution in [3.63, 3.8) is 0 Å². The smallest absolute Gasteiger partial charge is 0.317 e. The van der Waals surface area contributed by atoms with E-state index in [9.17, 15) is 4.79 Å². The van der Waals surface area contributed by atoms with E-state index < -0.39 is 0 Å². The first-order valence-corrected chi connectivity index (χ1v) is 6.20. The molecular weight excluding hydrogens is 222 g/mol. The summed E-state index contributed by atoms with van der Waals surface area (Å²) in [4.78, 5) is 13.0. The first-order chi connectivity index (χ1) is 8.26. The van der Waals surface area contributed by atoms with Crippen LogP contribution in [0.3, 0.4) is 0 Å². The highest BCUT2D eigenvalue weighted by atomic mass is 16.3.